The highest BCUT2D eigenvalue weighted by Crippen LogP contribution is 2.30. The van der Waals surface area contributed by atoms with E-state index in [2.05, 4.69) is 36.5 Å². The average Bonchev–Trinajstić information content (AvgIpc) is 3.20. The lowest BCUT2D eigenvalue weighted by Gasteiger charge is -2.25. The lowest BCUT2D eigenvalue weighted by Crippen LogP contribution is -2.44. The van der Waals surface area contributed by atoms with Crippen molar-refractivity contribution < 1.29 is 4.79 Å². The van der Waals surface area contributed by atoms with E-state index < -0.39 is 0 Å². The maximum absolute atomic E-state index is 12.3. The Morgan fingerprint density at radius 1 is 1.13 bits per heavy atom. The summed E-state index contributed by atoms with van der Waals surface area (Å²) in [5, 5.41) is 20.4. The van der Waals surface area contributed by atoms with E-state index in [1.807, 2.05) is 45.0 Å². The van der Waals surface area contributed by atoms with Gasteiger partial charge < -0.3 is 10.6 Å². The summed E-state index contributed by atoms with van der Waals surface area (Å²) < 4.78 is 0. The number of benzene rings is 2. The van der Waals surface area contributed by atoms with Gasteiger partial charge in [0.15, 0.2) is 5.84 Å². The van der Waals surface area contributed by atoms with Gasteiger partial charge in [-0.3, -0.25) is 9.89 Å². The Morgan fingerprint density at radius 3 is 2.58 bits per heavy atom. The van der Waals surface area contributed by atoms with Gasteiger partial charge in [0.2, 0.25) is 5.96 Å². The second-order valence-corrected chi connectivity index (χ2v) is 8.57. The number of H-pyrrole nitrogens is 1. The summed E-state index contributed by atoms with van der Waals surface area (Å²) in [6.07, 6.45) is 1.68. The molecule has 1 aliphatic heterocycles. The molecule has 2 aromatic carbocycles. The first-order valence-electron chi connectivity index (χ1n) is 9.68. The SMILES string of the molecule is CN1NN=C(c2ccc(C(=O)NC(C)(C)C)cc2)N=C1Nc1ccc2[nH]ncc2c1Cl. The second kappa shape index (κ2) is 7.92. The average molecular weight is 439 g/mol. The molecule has 0 saturated carbocycles. The molecule has 0 fully saturated rings. The lowest BCUT2D eigenvalue weighted by molar-refractivity contribution is 0.0919. The third-order valence-corrected chi connectivity index (χ3v) is 4.94. The van der Waals surface area contributed by atoms with Crippen LogP contribution in [0.15, 0.2) is 52.7 Å². The van der Waals surface area contributed by atoms with E-state index in [9.17, 15) is 4.79 Å². The van der Waals surface area contributed by atoms with Crippen molar-refractivity contribution in [2.75, 3.05) is 12.4 Å². The van der Waals surface area contributed by atoms with Crippen LogP contribution >= 0.6 is 11.6 Å². The fourth-order valence-electron chi connectivity index (χ4n) is 2.99. The fourth-order valence-corrected chi connectivity index (χ4v) is 3.26. The van der Waals surface area contributed by atoms with Gasteiger partial charge in [0.05, 0.1) is 22.4 Å². The molecule has 0 saturated heterocycles. The van der Waals surface area contributed by atoms with E-state index in [4.69, 9.17) is 11.6 Å². The molecule has 3 aromatic rings. The fraction of sp³-hybridized carbons (Fsp3) is 0.238. The summed E-state index contributed by atoms with van der Waals surface area (Å²) in [5.74, 6) is 0.866. The van der Waals surface area contributed by atoms with Gasteiger partial charge in [-0.1, -0.05) is 23.7 Å². The van der Waals surface area contributed by atoms with Gasteiger partial charge in [-0.15, -0.1) is 5.10 Å². The Hall–Kier alpha value is -3.59. The monoisotopic (exact) mass is 438 g/mol. The van der Waals surface area contributed by atoms with Crippen LogP contribution < -0.4 is 16.2 Å². The lowest BCUT2D eigenvalue weighted by atomic mass is 10.1. The van der Waals surface area contributed by atoms with Crippen molar-refractivity contribution >= 4 is 45.9 Å². The van der Waals surface area contributed by atoms with Crippen LogP contribution in [-0.4, -0.2) is 45.5 Å². The first-order chi connectivity index (χ1) is 14.7. The van der Waals surface area contributed by atoms with Crippen molar-refractivity contribution in [1.29, 1.82) is 0 Å². The summed E-state index contributed by atoms with van der Waals surface area (Å²) in [5.41, 5.74) is 5.49. The van der Waals surface area contributed by atoms with Gasteiger partial charge in [0, 0.05) is 29.1 Å². The molecule has 160 valence electrons. The van der Waals surface area contributed by atoms with Crippen molar-refractivity contribution in [2.45, 2.75) is 26.3 Å². The number of carbonyl (C=O) groups excluding carboxylic acids is 1. The molecule has 0 atom stereocenters. The molecule has 0 bridgehead atoms. The number of nitrogens with one attached hydrogen (secondary N) is 4. The van der Waals surface area contributed by atoms with Gasteiger partial charge in [-0.05, 0) is 45.0 Å². The minimum atomic E-state index is -0.302. The Kier molecular flexibility index (Phi) is 5.28. The highest BCUT2D eigenvalue weighted by atomic mass is 35.5. The molecular formula is C21H23ClN8O. The van der Waals surface area contributed by atoms with E-state index in [0.29, 0.717) is 28.1 Å². The van der Waals surface area contributed by atoms with Crippen LogP contribution in [0.25, 0.3) is 10.9 Å². The number of fused-ring (bicyclic) bond motifs is 1. The minimum absolute atomic E-state index is 0.127. The molecule has 1 aromatic heterocycles. The number of hydrazone groups is 1. The standard InChI is InChI=1S/C21H23ClN8O/c1-21(2,3)26-19(31)13-7-5-12(6-8-13)18-25-20(30(4)29-28-18)24-16-10-9-15-14(17(16)22)11-23-27-15/h5-11,29H,1-4H3,(H,23,27)(H,26,31)(H,24,25,28). The zero-order valence-corrected chi connectivity index (χ0v) is 18.4. The van der Waals surface area contributed by atoms with Gasteiger partial charge >= 0.3 is 0 Å². The quantitative estimate of drug-likeness (QED) is 0.501. The number of amides is 1. The van der Waals surface area contributed by atoms with Gasteiger partial charge in [0.25, 0.3) is 5.91 Å². The van der Waals surface area contributed by atoms with Gasteiger partial charge in [-0.25, -0.2) is 10.5 Å². The molecule has 9 nitrogen and oxygen atoms in total. The number of carbonyl (C=O) groups is 1. The topological polar surface area (TPSA) is 110 Å². The summed E-state index contributed by atoms with van der Waals surface area (Å²) in [6.45, 7) is 5.83. The molecule has 4 N–H and O–H groups in total. The first kappa shape index (κ1) is 20.7. The number of aliphatic imine (C=N–C) groups is 1. The summed E-state index contributed by atoms with van der Waals surface area (Å²) in [7, 11) is 1.79. The van der Waals surface area contributed by atoms with E-state index in [-0.39, 0.29) is 11.4 Å². The largest absolute Gasteiger partial charge is 0.347 e. The third-order valence-electron chi connectivity index (χ3n) is 4.53. The molecule has 4 rings (SSSR count). The zero-order valence-electron chi connectivity index (χ0n) is 17.6. The van der Waals surface area contributed by atoms with Crippen LogP contribution in [0.5, 0.6) is 0 Å². The van der Waals surface area contributed by atoms with Crippen molar-refractivity contribution in [1.82, 2.24) is 26.1 Å². The van der Waals surface area contributed by atoms with Gasteiger partial charge in [0.1, 0.15) is 0 Å². The molecule has 1 aliphatic rings. The normalized spacial score (nSPS) is 14.0. The van der Waals surface area contributed by atoms with Crippen LogP contribution in [0, 0.1) is 0 Å². The highest BCUT2D eigenvalue weighted by Gasteiger charge is 2.19. The Balaban J connectivity index is 1.55. The van der Waals surface area contributed by atoms with E-state index in [0.717, 1.165) is 16.5 Å². The number of guanidine groups is 1. The van der Waals surface area contributed by atoms with Crippen molar-refractivity contribution in [2.24, 2.45) is 10.1 Å². The number of aromatic nitrogens is 2. The van der Waals surface area contributed by atoms with Crippen molar-refractivity contribution in [3.8, 4) is 0 Å². The molecule has 1 amide bonds. The summed E-state index contributed by atoms with van der Waals surface area (Å²) >= 11 is 6.51. The second-order valence-electron chi connectivity index (χ2n) is 8.19. The molecular weight excluding hydrogens is 416 g/mol. The van der Waals surface area contributed by atoms with Crippen molar-refractivity contribution in [3.05, 3.63) is 58.7 Å². The first-order valence-corrected chi connectivity index (χ1v) is 10.1. The number of aromatic amines is 1. The van der Waals surface area contributed by atoms with Crippen LogP contribution in [0.1, 0.15) is 36.7 Å². The number of halogens is 1. The van der Waals surface area contributed by atoms with Crippen LogP contribution in [-0.2, 0) is 0 Å². The number of rotatable bonds is 3. The Bertz CT molecular complexity index is 1190. The predicted molar refractivity (Wildman–Crippen MR) is 123 cm³/mol. The number of hydrogen-bond acceptors (Lipinski definition) is 7. The summed E-state index contributed by atoms with van der Waals surface area (Å²) in [6, 6.07) is 10.9. The molecule has 0 aliphatic carbocycles. The molecule has 0 spiro atoms. The number of nitrogens with zero attached hydrogens (tertiary/aromatic N) is 4. The minimum Gasteiger partial charge on any atom is -0.347 e. The summed E-state index contributed by atoms with van der Waals surface area (Å²) in [4.78, 5) is 16.9. The highest BCUT2D eigenvalue weighted by molar-refractivity contribution is 6.38. The number of hydrogen-bond donors (Lipinski definition) is 4. The van der Waals surface area contributed by atoms with E-state index >= 15 is 0 Å². The van der Waals surface area contributed by atoms with E-state index in [1.165, 1.54) is 0 Å². The number of amidine groups is 1. The molecule has 31 heavy (non-hydrogen) atoms. The maximum atomic E-state index is 12.3. The Morgan fingerprint density at radius 2 is 1.87 bits per heavy atom. The van der Waals surface area contributed by atoms with Crippen LogP contribution in [0.4, 0.5) is 5.69 Å². The predicted octanol–water partition coefficient (Wildman–Crippen LogP) is 3.32. The molecule has 2 heterocycles. The van der Waals surface area contributed by atoms with Crippen LogP contribution in [0.3, 0.4) is 0 Å². The Labute approximate surface area is 184 Å². The molecule has 0 unspecified atom stereocenters. The number of hydrazine groups is 1. The van der Waals surface area contributed by atoms with E-state index in [1.54, 1.807) is 30.4 Å². The van der Waals surface area contributed by atoms with Crippen LogP contribution in [0.2, 0.25) is 5.02 Å². The third kappa shape index (κ3) is 4.46. The molecule has 0 radical (unpaired) electrons. The smallest absolute Gasteiger partial charge is 0.251 e. The van der Waals surface area contributed by atoms with Gasteiger partial charge in [-0.2, -0.15) is 10.1 Å². The number of anilines is 1. The maximum Gasteiger partial charge on any atom is 0.251 e. The zero-order chi connectivity index (χ0) is 22.2. The molecule has 10 heteroatoms. The van der Waals surface area contributed by atoms with Crippen molar-refractivity contribution in [3.63, 3.8) is 0 Å².